The van der Waals surface area contributed by atoms with Gasteiger partial charge in [-0.05, 0) is 0 Å². The zero-order valence-electron chi connectivity index (χ0n) is 10.1. The lowest BCUT2D eigenvalue weighted by molar-refractivity contribution is 0.602. The minimum atomic E-state index is -3.05. The number of nitrogens with one attached hydrogen (secondary N) is 1. The van der Waals surface area contributed by atoms with Crippen molar-refractivity contribution in [3.05, 3.63) is 12.7 Å². The number of sulfone groups is 1. The Hall–Kier alpha value is -2.30. The first-order valence-corrected chi connectivity index (χ1v) is 7.28. The van der Waals surface area contributed by atoms with Gasteiger partial charge in [0.15, 0.2) is 0 Å². The van der Waals surface area contributed by atoms with Crippen LogP contribution in [-0.2, 0) is 9.84 Å². The molecular formula is C8H12N8O2S. The second-order valence-corrected chi connectivity index (χ2v) is 5.97. The summed E-state index contributed by atoms with van der Waals surface area (Å²) in [6.07, 6.45) is 3.89. The first kappa shape index (κ1) is 13.1. The van der Waals surface area contributed by atoms with Crippen molar-refractivity contribution in [2.75, 3.05) is 29.6 Å². The summed E-state index contributed by atoms with van der Waals surface area (Å²) in [6, 6.07) is 0. The number of hydrogen-bond acceptors (Lipinski definition) is 9. The van der Waals surface area contributed by atoms with E-state index in [0.29, 0.717) is 0 Å². The van der Waals surface area contributed by atoms with Gasteiger partial charge < -0.3 is 11.1 Å². The molecule has 0 saturated heterocycles. The molecule has 0 aliphatic heterocycles. The van der Waals surface area contributed by atoms with E-state index in [9.17, 15) is 8.42 Å². The molecule has 0 aromatic carbocycles. The van der Waals surface area contributed by atoms with Crippen molar-refractivity contribution in [3.63, 3.8) is 0 Å². The molecule has 0 amide bonds. The fourth-order valence-corrected chi connectivity index (χ4v) is 1.69. The average molecular weight is 284 g/mol. The molecule has 0 saturated carbocycles. The largest absolute Gasteiger partial charge is 0.368 e. The van der Waals surface area contributed by atoms with Crippen molar-refractivity contribution in [2.24, 2.45) is 0 Å². The quantitative estimate of drug-likeness (QED) is 0.670. The highest BCUT2D eigenvalue weighted by atomic mass is 32.2. The lowest BCUT2D eigenvalue weighted by Crippen LogP contribution is -2.17. The molecule has 0 aliphatic rings. The monoisotopic (exact) mass is 284 g/mol. The maximum atomic E-state index is 11.0. The summed E-state index contributed by atoms with van der Waals surface area (Å²) < 4.78 is 23.3. The fraction of sp³-hybridized carbons (Fsp3) is 0.375. The summed E-state index contributed by atoms with van der Waals surface area (Å²) in [6.45, 7) is 0.180. The smallest absolute Gasteiger partial charge is 0.258 e. The SMILES string of the molecule is CS(=O)(=O)CCNc1nc(N)nc(-n2cncn2)n1. The molecule has 102 valence electrons. The lowest BCUT2D eigenvalue weighted by Gasteiger charge is -2.06. The maximum Gasteiger partial charge on any atom is 0.258 e. The van der Waals surface area contributed by atoms with Crippen LogP contribution in [0.4, 0.5) is 11.9 Å². The zero-order chi connectivity index (χ0) is 13.9. The molecule has 19 heavy (non-hydrogen) atoms. The third-order valence-corrected chi connectivity index (χ3v) is 2.97. The van der Waals surface area contributed by atoms with Crippen molar-refractivity contribution in [3.8, 4) is 5.95 Å². The highest BCUT2D eigenvalue weighted by Gasteiger charge is 2.08. The third kappa shape index (κ3) is 3.84. The molecule has 10 nitrogen and oxygen atoms in total. The van der Waals surface area contributed by atoms with Crippen LogP contribution in [0, 0.1) is 0 Å². The molecule has 11 heteroatoms. The topological polar surface area (TPSA) is 142 Å². The van der Waals surface area contributed by atoms with Crippen molar-refractivity contribution in [1.82, 2.24) is 29.7 Å². The second kappa shape index (κ2) is 5.14. The van der Waals surface area contributed by atoms with Gasteiger partial charge >= 0.3 is 0 Å². The molecular weight excluding hydrogens is 272 g/mol. The fourth-order valence-electron chi connectivity index (χ4n) is 1.22. The summed E-state index contributed by atoms with van der Waals surface area (Å²) in [5.41, 5.74) is 5.54. The van der Waals surface area contributed by atoms with E-state index in [0.717, 1.165) is 6.26 Å². The molecule has 3 N–H and O–H groups in total. The number of anilines is 2. The first-order chi connectivity index (χ1) is 8.94. The Balaban J connectivity index is 2.14. The summed E-state index contributed by atoms with van der Waals surface area (Å²) in [4.78, 5) is 15.6. The Labute approximate surface area is 109 Å². The molecule has 0 radical (unpaired) electrons. The van der Waals surface area contributed by atoms with Gasteiger partial charge in [0.2, 0.25) is 11.9 Å². The van der Waals surface area contributed by atoms with Gasteiger partial charge in [0.25, 0.3) is 5.95 Å². The number of aromatic nitrogens is 6. The van der Waals surface area contributed by atoms with E-state index < -0.39 is 9.84 Å². The van der Waals surface area contributed by atoms with Crippen LogP contribution in [-0.4, -0.2) is 56.7 Å². The Morgan fingerprint density at radius 1 is 1.37 bits per heavy atom. The van der Waals surface area contributed by atoms with Crippen LogP contribution in [0.15, 0.2) is 12.7 Å². The molecule has 0 atom stereocenters. The molecule has 0 fully saturated rings. The number of nitrogens with two attached hydrogens (primary N) is 1. The molecule has 2 rings (SSSR count). The third-order valence-electron chi connectivity index (χ3n) is 2.02. The van der Waals surface area contributed by atoms with Crippen LogP contribution in [0.1, 0.15) is 0 Å². The van der Waals surface area contributed by atoms with Gasteiger partial charge in [-0.15, -0.1) is 0 Å². The van der Waals surface area contributed by atoms with E-state index in [4.69, 9.17) is 5.73 Å². The summed E-state index contributed by atoms with van der Waals surface area (Å²) in [5.74, 6) is 0.355. The van der Waals surface area contributed by atoms with Gasteiger partial charge in [0.1, 0.15) is 22.5 Å². The molecule has 2 heterocycles. The Kier molecular flexibility index (Phi) is 3.55. The predicted molar refractivity (Wildman–Crippen MR) is 67.4 cm³/mol. The zero-order valence-corrected chi connectivity index (χ0v) is 10.9. The number of hydrogen-bond donors (Lipinski definition) is 2. The number of rotatable bonds is 5. The molecule has 0 unspecified atom stereocenters. The van der Waals surface area contributed by atoms with Crippen LogP contribution >= 0.6 is 0 Å². The second-order valence-electron chi connectivity index (χ2n) is 3.71. The highest BCUT2D eigenvalue weighted by Crippen LogP contribution is 2.05. The van der Waals surface area contributed by atoms with E-state index in [1.54, 1.807) is 0 Å². The van der Waals surface area contributed by atoms with E-state index in [1.807, 2.05) is 0 Å². The van der Waals surface area contributed by atoms with E-state index >= 15 is 0 Å². The molecule has 0 aliphatic carbocycles. The first-order valence-electron chi connectivity index (χ1n) is 5.22. The van der Waals surface area contributed by atoms with Gasteiger partial charge in [-0.3, -0.25) is 0 Å². The Morgan fingerprint density at radius 2 is 2.16 bits per heavy atom. The van der Waals surface area contributed by atoms with Gasteiger partial charge in [-0.25, -0.2) is 13.4 Å². The van der Waals surface area contributed by atoms with Crippen LogP contribution < -0.4 is 11.1 Å². The normalized spacial score (nSPS) is 11.4. The van der Waals surface area contributed by atoms with Crippen molar-refractivity contribution < 1.29 is 8.42 Å². The highest BCUT2D eigenvalue weighted by molar-refractivity contribution is 7.90. The summed E-state index contributed by atoms with van der Waals surface area (Å²) in [7, 11) is -3.05. The van der Waals surface area contributed by atoms with Crippen LogP contribution in [0.3, 0.4) is 0 Å². The lowest BCUT2D eigenvalue weighted by atomic mass is 10.7. The summed E-state index contributed by atoms with van der Waals surface area (Å²) >= 11 is 0. The Bertz CT molecular complexity index is 653. The van der Waals surface area contributed by atoms with Crippen molar-refractivity contribution in [1.29, 1.82) is 0 Å². The number of nitrogen functional groups attached to an aromatic ring is 1. The molecule has 0 bridgehead atoms. The minimum Gasteiger partial charge on any atom is -0.368 e. The Morgan fingerprint density at radius 3 is 2.79 bits per heavy atom. The summed E-state index contributed by atoms with van der Waals surface area (Å²) in [5, 5.41) is 6.62. The van der Waals surface area contributed by atoms with Gasteiger partial charge in [0, 0.05) is 12.8 Å². The molecule has 2 aromatic rings. The standard InChI is InChI=1S/C8H12N8O2S/c1-19(17,18)3-2-11-7-13-6(9)14-8(15-7)16-5-10-4-12-16/h4-5H,2-3H2,1H3,(H3,9,11,13,14,15). The van der Waals surface area contributed by atoms with Crippen molar-refractivity contribution in [2.45, 2.75) is 0 Å². The van der Waals surface area contributed by atoms with Crippen LogP contribution in [0.25, 0.3) is 5.95 Å². The van der Waals surface area contributed by atoms with Crippen molar-refractivity contribution >= 4 is 21.7 Å². The van der Waals surface area contributed by atoms with Crippen LogP contribution in [0.5, 0.6) is 0 Å². The molecule has 2 aromatic heterocycles. The minimum absolute atomic E-state index is 0.00218. The van der Waals surface area contributed by atoms with E-state index in [2.05, 4.69) is 30.4 Å². The predicted octanol–water partition coefficient (Wildman–Crippen LogP) is -1.51. The van der Waals surface area contributed by atoms with Crippen LogP contribution in [0.2, 0.25) is 0 Å². The molecule has 0 spiro atoms. The average Bonchev–Trinajstić information content (AvgIpc) is 2.79. The maximum absolute atomic E-state index is 11.0. The number of nitrogens with zero attached hydrogens (tertiary/aromatic N) is 6. The van der Waals surface area contributed by atoms with Gasteiger partial charge in [0.05, 0.1) is 5.75 Å². The van der Waals surface area contributed by atoms with E-state index in [-0.39, 0.29) is 30.1 Å². The van der Waals surface area contributed by atoms with E-state index in [1.165, 1.54) is 17.3 Å². The van der Waals surface area contributed by atoms with Gasteiger partial charge in [-0.1, -0.05) is 0 Å². The van der Waals surface area contributed by atoms with Gasteiger partial charge in [-0.2, -0.15) is 24.7 Å².